The van der Waals surface area contributed by atoms with Crippen LogP contribution in [0.4, 0.5) is 0 Å². The topological polar surface area (TPSA) is 116 Å². The average molecular weight is 471 g/mol. The molecule has 4 rings (SSSR count). The predicted molar refractivity (Wildman–Crippen MR) is 124 cm³/mol. The van der Waals surface area contributed by atoms with Crippen LogP contribution in [0.1, 0.15) is 49.9 Å². The molecule has 2 aliphatic rings. The number of hydrogen-bond acceptors (Lipinski definition) is 7. The first-order valence-electron chi connectivity index (χ1n) is 11.3. The van der Waals surface area contributed by atoms with Gasteiger partial charge >= 0.3 is 5.97 Å². The maximum atomic E-state index is 12.7. The lowest BCUT2D eigenvalue weighted by Gasteiger charge is -2.22. The Bertz CT molecular complexity index is 1020. The van der Waals surface area contributed by atoms with E-state index in [0.29, 0.717) is 35.8 Å². The minimum absolute atomic E-state index is 0.101. The van der Waals surface area contributed by atoms with Crippen LogP contribution in [0.5, 0.6) is 23.1 Å². The second-order valence-corrected chi connectivity index (χ2v) is 7.83. The summed E-state index contributed by atoms with van der Waals surface area (Å²) in [6, 6.07) is 8.47. The van der Waals surface area contributed by atoms with Gasteiger partial charge in [-0.2, -0.15) is 0 Å². The largest absolute Gasteiger partial charge is 0.480 e. The van der Waals surface area contributed by atoms with E-state index in [2.05, 4.69) is 24.1 Å². The number of fused-ring (bicyclic) bond motifs is 1. The Morgan fingerprint density at radius 2 is 2.00 bits per heavy atom. The maximum absolute atomic E-state index is 12.7. The standard InChI is InChI=1S/C22H22N2O7.C3H8/c25-20(26)12-28-15-5-3-14(4-6-15)11-24-21(27)17-2-1-9-23-22(17)31-16-7-8-18-19(10-16)30-13-29-18;1-3-2/h1-3,7-10,15H,4-6,11-13H2,(H,24,27)(H,25,26);3H2,1-2H3. The number of carbonyl (C=O) groups excluding carboxylic acids is 1. The third-order valence-corrected chi connectivity index (χ3v) is 4.95. The van der Waals surface area contributed by atoms with Crippen LogP contribution in [-0.4, -0.2) is 48.0 Å². The fourth-order valence-corrected chi connectivity index (χ4v) is 3.35. The summed E-state index contributed by atoms with van der Waals surface area (Å²) in [6.45, 7) is 4.51. The highest BCUT2D eigenvalue weighted by atomic mass is 16.7. The van der Waals surface area contributed by atoms with Crippen molar-refractivity contribution in [2.75, 3.05) is 19.9 Å². The molecule has 1 unspecified atom stereocenters. The molecule has 0 saturated heterocycles. The molecular weight excluding hydrogens is 440 g/mol. The van der Waals surface area contributed by atoms with Crippen molar-refractivity contribution in [2.45, 2.75) is 45.6 Å². The zero-order valence-electron chi connectivity index (χ0n) is 19.4. The molecule has 9 nitrogen and oxygen atoms in total. The lowest BCUT2D eigenvalue weighted by atomic mass is 9.97. The first kappa shape index (κ1) is 25.0. The van der Waals surface area contributed by atoms with Crippen molar-refractivity contribution >= 4 is 11.9 Å². The highest BCUT2D eigenvalue weighted by molar-refractivity contribution is 5.96. The van der Waals surface area contributed by atoms with Gasteiger partial charge in [-0.25, -0.2) is 9.78 Å². The zero-order chi connectivity index (χ0) is 24.3. The molecule has 1 aliphatic carbocycles. The van der Waals surface area contributed by atoms with E-state index in [1.807, 2.05) is 6.08 Å². The number of aliphatic carboxylic acids is 1. The van der Waals surface area contributed by atoms with E-state index in [0.717, 1.165) is 18.4 Å². The number of hydrogen-bond donors (Lipinski definition) is 2. The van der Waals surface area contributed by atoms with Crippen molar-refractivity contribution in [1.29, 1.82) is 0 Å². The minimum atomic E-state index is -0.975. The van der Waals surface area contributed by atoms with Gasteiger partial charge in [0.2, 0.25) is 12.7 Å². The predicted octanol–water partition coefficient (Wildman–Crippen LogP) is 4.33. The molecule has 0 saturated carbocycles. The molecule has 1 aromatic carbocycles. The first-order valence-corrected chi connectivity index (χ1v) is 11.3. The normalized spacial score (nSPS) is 16.1. The molecule has 1 aliphatic heterocycles. The highest BCUT2D eigenvalue weighted by Crippen LogP contribution is 2.36. The molecule has 2 heterocycles. The van der Waals surface area contributed by atoms with E-state index >= 15 is 0 Å². The quantitative estimate of drug-likeness (QED) is 0.548. The summed E-state index contributed by atoms with van der Waals surface area (Å²) < 4.78 is 21.8. The maximum Gasteiger partial charge on any atom is 0.329 e. The Hall–Kier alpha value is -3.59. The monoisotopic (exact) mass is 470 g/mol. The van der Waals surface area contributed by atoms with Crippen LogP contribution in [0, 0.1) is 0 Å². The molecule has 182 valence electrons. The van der Waals surface area contributed by atoms with Crippen molar-refractivity contribution < 1.29 is 33.6 Å². The summed E-state index contributed by atoms with van der Waals surface area (Å²) in [7, 11) is 0. The summed E-state index contributed by atoms with van der Waals surface area (Å²) in [5.74, 6) is 0.626. The Morgan fingerprint density at radius 3 is 2.74 bits per heavy atom. The Balaban J connectivity index is 0.00000103. The zero-order valence-corrected chi connectivity index (χ0v) is 19.4. The molecule has 34 heavy (non-hydrogen) atoms. The van der Waals surface area contributed by atoms with Crippen molar-refractivity contribution in [3.63, 3.8) is 0 Å². The SMILES string of the molecule is CCC.O=C(O)COC1CC=C(CNC(=O)c2cccnc2Oc2ccc3c(c2)OCO3)CC1. The fraction of sp³-hybridized carbons (Fsp3) is 0.400. The second kappa shape index (κ2) is 12.6. The molecule has 2 N–H and O–H groups in total. The summed E-state index contributed by atoms with van der Waals surface area (Å²) in [6.07, 6.45) is 6.78. The molecule has 2 aromatic rings. The van der Waals surface area contributed by atoms with Crippen LogP contribution in [-0.2, 0) is 9.53 Å². The average Bonchev–Trinajstić information content (AvgIpc) is 3.31. The molecule has 1 aromatic heterocycles. The molecule has 0 bridgehead atoms. The van der Waals surface area contributed by atoms with E-state index in [-0.39, 0.29) is 31.3 Å². The summed E-state index contributed by atoms with van der Waals surface area (Å²) >= 11 is 0. The van der Waals surface area contributed by atoms with E-state index in [4.69, 9.17) is 24.1 Å². The number of carboxylic acid groups (broad SMARTS) is 1. The third kappa shape index (κ3) is 7.21. The van der Waals surface area contributed by atoms with E-state index < -0.39 is 5.97 Å². The van der Waals surface area contributed by atoms with Gasteiger partial charge in [0, 0.05) is 18.8 Å². The number of amides is 1. The number of pyridine rings is 1. The van der Waals surface area contributed by atoms with E-state index in [1.54, 1.807) is 36.5 Å². The van der Waals surface area contributed by atoms with Crippen molar-refractivity contribution in [3.05, 3.63) is 53.7 Å². The van der Waals surface area contributed by atoms with Crippen LogP contribution >= 0.6 is 0 Å². The van der Waals surface area contributed by atoms with Crippen molar-refractivity contribution in [3.8, 4) is 23.1 Å². The lowest BCUT2D eigenvalue weighted by molar-refractivity contribution is -0.144. The Kier molecular flexibility index (Phi) is 9.28. The van der Waals surface area contributed by atoms with Crippen molar-refractivity contribution in [1.82, 2.24) is 10.3 Å². The summed E-state index contributed by atoms with van der Waals surface area (Å²) in [5.41, 5.74) is 1.39. The van der Waals surface area contributed by atoms with E-state index in [1.165, 1.54) is 6.42 Å². The van der Waals surface area contributed by atoms with Gasteiger partial charge in [-0.1, -0.05) is 31.9 Å². The molecule has 9 heteroatoms. The minimum Gasteiger partial charge on any atom is -0.480 e. The number of carboxylic acids is 1. The number of nitrogens with zero attached hydrogens (tertiary/aromatic N) is 1. The van der Waals surface area contributed by atoms with Gasteiger partial charge in [-0.3, -0.25) is 4.79 Å². The van der Waals surface area contributed by atoms with Gasteiger partial charge in [0.15, 0.2) is 11.5 Å². The number of rotatable bonds is 8. The van der Waals surface area contributed by atoms with Crippen LogP contribution in [0.25, 0.3) is 0 Å². The Morgan fingerprint density at radius 1 is 1.21 bits per heavy atom. The second-order valence-electron chi connectivity index (χ2n) is 7.83. The van der Waals surface area contributed by atoms with Crippen LogP contribution in [0.2, 0.25) is 0 Å². The number of benzene rings is 1. The number of nitrogens with one attached hydrogen (secondary N) is 1. The lowest BCUT2D eigenvalue weighted by Crippen LogP contribution is -2.28. The van der Waals surface area contributed by atoms with Gasteiger partial charge in [0.25, 0.3) is 5.91 Å². The molecule has 0 radical (unpaired) electrons. The van der Waals surface area contributed by atoms with E-state index in [9.17, 15) is 9.59 Å². The van der Waals surface area contributed by atoms with Crippen LogP contribution in [0.3, 0.4) is 0 Å². The number of aromatic nitrogens is 1. The number of ether oxygens (including phenoxy) is 4. The van der Waals surface area contributed by atoms with Crippen LogP contribution in [0.15, 0.2) is 48.2 Å². The van der Waals surface area contributed by atoms with Gasteiger partial charge in [0.1, 0.15) is 17.9 Å². The van der Waals surface area contributed by atoms with Crippen molar-refractivity contribution in [2.24, 2.45) is 0 Å². The smallest absolute Gasteiger partial charge is 0.329 e. The number of carbonyl (C=O) groups is 2. The van der Waals surface area contributed by atoms with Gasteiger partial charge in [-0.15, -0.1) is 0 Å². The summed E-state index contributed by atoms with van der Waals surface area (Å²) in [4.78, 5) is 27.5. The Labute approximate surface area is 198 Å². The fourth-order valence-electron chi connectivity index (χ4n) is 3.35. The summed E-state index contributed by atoms with van der Waals surface area (Å²) in [5, 5.41) is 11.6. The highest BCUT2D eigenvalue weighted by Gasteiger charge is 2.19. The van der Waals surface area contributed by atoms with Gasteiger partial charge in [-0.05, 0) is 43.5 Å². The molecule has 0 spiro atoms. The molecule has 0 fully saturated rings. The molecule has 1 atom stereocenters. The molecular formula is C25H30N2O7. The van der Waals surface area contributed by atoms with Gasteiger partial charge < -0.3 is 29.4 Å². The van der Waals surface area contributed by atoms with Crippen LogP contribution < -0.4 is 19.5 Å². The first-order chi connectivity index (χ1) is 16.5. The van der Waals surface area contributed by atoms with Gasteiger partial charge in [0.05, 0.1) is 6.10 Å². The third-order valence-electron chi connectivity index (χ3n) is 4.95. The molecule has 1 amide bonds.